The fraction of sp³-hybridized carbons (Fsp3) is 0.250. The van der Waals surface area contributed by atoms with Crippen LogP contribution in [0.1, 0.15) is 25.6 Å². The van der Waals surface area contributed by atoms with Gasteiger partial charge in [-0.1, -0.05) is 17.3 Å². The normalized spacial score (nSPS) is 10.5. The first kappa shape index (κ1) is 11.3. The Bertz CT molecular complexity index is 580. The molecular formula is C12H11FN4. The van der Waals surface area contributed by atoms with E-state index in [9.17, 15) is 4.39 Å². The second kappa shape index (κ2) is 4.34. The van der Waals surface area contributed by atoms with Crippen molar-refractivity contribution >= 4 is 0 Å². The third-order valence-electron chi connectivity index (χ3n) is 2.42. The predicted molar refractivity (Wildman–Crippen MR) is 60.5 cm³/mol. The summed E-state index contributed by atoms with van der Waals surface area (Å²) in [7, 11) is 0. The minimum Gasteiger partial charge on any atom is -0.241 e. The van der Waals surface area contributed by atoms with E-state index in [0.717, 1.165) is 0 Å². The summed E-state index contributed by atoms with van der Waals surface area (Å²) in [5.74, 6) is -0.381. The van der Waals surface area contributed by atoms with Crippen molar-refractivity contribution in [3.63, 3.8) is 0 Å². The zero-order valence-corrected chi connectivity index (χ0v) is 9.55. The second-order valence-electron chi connectivity index (χ2n) is 3.92. The summed E-state index contributed by atoms with van der Waals surface area (Å²) in [6.07, 6.45) is 0. The number of halogens is 1. The molecular weight excluding hydrogens is 219 g/mol. The summed E-state index contributed by atoms with van der Waals surface area (Å²) in [4.78, 5) is 0. The molecule has 5 heteroatoms. The second-order valence-corrected chi connectivity index (χ2v) is 3.92. The van der Waals surface area contributed by atoms with Crippen molar-refractivity contribution in [2.24, 2.45) is 0 Å². The van der Waals surface area contributed by atoms with Crippen LogP contribution in [-0.2, 0) is 0 Å². The molecule has 0 fully saturated rings. The maximum absolute atomic E-state index is 13.7. The van der Waals surface area contributed by atoms with Gasteiger partial charge >= 0.3 is 0 Å². The van der Waals surface area contributed by atoms with Crippen LogP contribution in [0.15, 0.2) is 24.3 Å². The Morgan fingerprint density at radius 2 is 2.06 bits per heavy atom. The van der Waals surface area contributed by atoms with Gasteiger partial charge in [-0.2, -0.15) is 5.26 Å². The van der Waals surface area contributed by atoms with Crippen LogP contribution >= 0.6 is 0 Å². The van der Waals surface area contributed by atoms with Crippen molar-refractivity contribution < 1.29 is 4.39 Å². The van der Waals surface area contributed by atoms with Crippen LogP contribution in [0.4, 0.5) is 4.39 Å². The lowest BCUT2D eigenvalue weighted by molar-refractivity contribution is 0.517. The molecule has 0 atom stereocenters. The molecule has 86 valence electrons. The highest BCUT2D eigenvalue weighted by Crippen LogP contribution is 2.26. The highest BCUT2D eigenvalue weighted by atomic mass is 19.1. The molecule has 0 unspecified atom stereocenters. The van der Waals surface area contributed by atoms with Gasteiger partial charge in [-0.15, -0.1) is 5.10 Å². The third kappa shape index (κ3) is 1.89. The highest BCUT2D eigenvalue weighted by Gasteiger charge is 2.19. The minimum absolute atomic E-state index is 0.0132. The molecule has 0 N–H and O–H groups in total. The van der Waals surface area contributed by atoms with Gasteiger partial charge in [0.1, 0.15) is 17.6 Å². The zero-order chi connectivity index (χ0) is 12.4. The molecule has 0 saturated carbocycles. The summed E-state index contributed by atoms with van der Waals surface area (Å²) in [5.41, 5.74) is 0.923. The predicted octanol–water partition coefficient (Wildman–Crippen LogP) is 2.54. The van der Waals surface area contributed by atoms with E-state index < -0.39 is 0 Å². The van der Waals surface area contributed by atoms with E-state index in [1.54, 1.807) is 22.9 Å². The summed E-state index contributed by atoms with van der Waals surface area (Å²) >= 11 is 0. The molecule has 0 aliphatic rings. The Kier molecular flexibility index (Phi) is 2.88. The van der Waals surface area contributed by atoms with Gasteiger partial charge in [0.05, 0.1) is 0 Å². The van der Waals surface area contributed by atoms with Crippen molar-refractivity contribution in [3.05, 3.63) is 35.8 Å². The zero-order valence-electron chi connectivity index (χ0n) is 9.55. The van der Waals surface area contributed by atoms with Crippen LogP contribution in [0, 0.1) is 17.1 Å². The highest BCUT2D eigenvalue weighted by molar-refractivity contribution is 5.65. The first-order chi connectivity index (χ1) is 8.15. The quantitative estimate of drug-likeness (QED) is 0.796. The topological polar surface area (TPSA) is 54.5 Å². The van der Waals surface area contributed by atoms with E-state index in [-0.39, 0.29) is 17.6 Å². The fourth-order valence-electron chi connectivity index (χ4n) is 1.63. The molecule has 0 saturated heterocycles. The first-order valence-electron chi connectivity index (χ1n) is 5.25. The van der Waals surface area contributed by atoms with Crippen LogP contribution in [-0.4, -0.2) is 15.0 Å². The summed E-state index contributed by atoms with van der Waals surface area (Å²) in [5, 5.41) is 16.6. The molecule has 2 aromatic rings. The number of aromatic nitrogens is 3. The van der Waals surface area contributed by atoms with E-state index in [1.807, 2.05) is 19.9 Å². The van der Waals surface area contributed by atoms with Gasteiger partial charge in [-0.05, 0) is 26.0 Å². The number of nitrogens with zero attached hydrogens (tertiary/aromatic N) is 4. The largest absolute Gasteiger partial charge is 0.241 e. The Morgan fingerprint density at radius 1 is 1.35 bits per heavy atom. The van der Waals surface area contributed by atoms with Gasteiger partial charge in [0.2, 0.25) is 0 Å². The smallest absolute Gasteiger partial charge is 0.190 e. The van der Waals surface area contributed by atoms with Crippen LogP contribution in [0.5, 0.6) is 0 Å². The van der Waals surface area contributed by atoms with Gasteiger partial charge in [-0.25, -0.2) is 9.07 Å². The van der Waals surface area contributed by atoms with Crippen LogP contribution in [0.25, 0.3) is 11.3 Å². The molecule has 0 spiro atoms. The Morgan fingerprint density at radius 3 is 2.65 bits per heavy atom. The van der Waals surface area contributed by atoms with E-state index in [2.05, 4.69) is 10.3 Å². The van der Waals surface area contributed by atoms with E-state index in [1.165, 1.54) is 6.07 Å². The summed E-state index contributed by atoms with van der Waals surface area (Å²) in [6.45, 7) is 3.81. The number of hydrogen-bond donors (Lipinski definition) is 0. The average molecular weight is 230 g/mol. The van der Waals surface area contributed by atoms with E-state index in [4.69, 9.17) is 5.26 Å². The Labute approximate surface area is 98.3 Å². The molecule has 0 bridgehead atoms. The van der Waals surface area contributed by atoms with Gasteiger partial charge in [0, 0.05) is 11.6 Å². The fourth-order valence-corrected chi connectivity index (χ4v) is 1.63. The van der Waals surface area contributed by atoms with Gasteiger partial charge in [0.15, 0.2) is 5.69 Å². The van der Waals surface area contributed by atoms with Crippen LogP contribution in [0.3, 0.4) is 0 Å². The number of nitriles is 1. The molecule has 17 heavy (non-hydrogen) atoms. The van der Waals surface area contributed by atoms with Crippen LogP contribution < -0.4 is 0 Å². The Balaban J connectivity index is 2.70. The number of hydrogen-bond acceptors (Lipinski definition) is 3. The molecule has 1 aromatic carbocycles. The van der Waals surface area contributed by atoms with Crippen molar-refractivity contribution in [2.75, 3.05) is 0 Å². The first-order valence-corrected chi connectivity index (χ1v) is 5.25. The molecule has 0 amide bonds. The van der Waals surface area contributed by atoms with Crippen molar-refractivity contribution in [2.45, 2.75) is 19.9 Å². The SMILES string of the molecule is CC(C)n1nnc(C#N)c1-c1ccccc1F. The third-order valence-corrected chi connectivity index (χ3v) is 2.42. The molecule has 4 nitrogen and oxygen atoms in total. The van der Waals surface area contributed by atoms with Crippen molar-refractivity contribution in [1.82, 2.24) is 15.0 Å². The molecule has 0 aliphatic carbocycles. The maximum atomic E-state index is 13.7. The number of rotatable bonds is 2. The van der Waals surface area contributed by atoms with E-state index in [0.29, 0.717) is 11.3 Å². The monoisotopic (exact) mass is 230 g/mol. The van der Waals surface area contributed by atoms with Crippen LogP contribution in [0.2, 0.25) is 0 Å². The minimum atomic E-state index is -0.381. The Hall–Kier alpha value is -2.22. The average Bonchev–Trinajstić information content (AvgIpc) is 2.73. The molecule has 2 rings (SSSR count). The lowest BCUT2D eigenvalue weighted by Gasteiger charge is -2.10. The molecule has 1 aromatic heterocycles. The molecule has 1 heterocycles. The van der Waals surface area contributed by atoms with Crippen molar-refractivity contribution in [1.29, 1.82) is 5.26 Å². The van der Waals surface area contributed by atoms with Gasteiger partial charge in [0.25, 0.3) is 0 Å². The molecule has 0 radical (unpaired) electrons. The standard InChI is InChI=1S/C12H11FN4/c1-8(2)17-12(11(7-14)15-16-17)9-5-3-4-6-10(9)13/h3-6,8H,1-2H3. The van der Waals surface area contributed by atoms with Crippen molar-refractivity contribution in [3.8, 4) is 17.3 Å². The lowest BCUT2D eigenvalue weighted by atomic mass is 10.1. The molecule has 0 aliphatic heterocycles. The summed E-state index contributed by atoms with van der Waals surface area (Å²) in [6, 6.07) is 8.25. The maximum Gasteiger partial charge on any atom is 0.190 e. The lowest BCUT2D eigenvalue weighted by Crippen LogP contribution is -2.06. The summed E-state index contributed by atoms with van der Waals surface area (Å²) < 4.78 is 15.3. The number of benzene rings is 1. The van der Waals surface area contributed by atoms with Gasteiger partial charge in [-0.3, -0.25) is 0 Å². The van der Waals surface area contributed by atoms with E-state index >= 15 is 0 Å². The van der Waals surface area contributed by atoms with Gasteiger partial charge < -0.3 is 0 Å².